The molecule has 4 aromatic rings. The van der Waals surface area contributed by atoms with Crippen molar-refractivity contribution < 1.29 is 14.5 Å². The monoisotopic (exact) mass is 473 g/mol. The number of nitrogens with zero attached hydrogens (tertiary/aromatic N) is 7. The zero-order valence-electron chi connectivity index (χ0n) is 18.9. The lowest BCUT2D eigenvalue weighted by atomic mass is 10.2. The van der Waals surface area contributed by atoms with Gasteiger partial charge in [0, 0.05) is 35.5 Å². The first-order valence-corrected chi connectivity index (χ1v) is 11.3. The van der Waals surface area contributed by atoms with Crippen LogP contribution in [-0.4, -0.2) is 35.3 Å². The molecule has 0 atom stereocenters. The summed E-state index contributed by atoms with van der Waals surface area (Å²) in [7, 11) is 0. The molecule has 0 amide bonds. The first kappa shape index (κ1) is 23.6. The molecule has 1 aliphatic carbocycles. The van der Waals surface area contributed by atoms with Crippen molar-refractivity contribution in [1.82, 2.24) is 24.3 Å². The third kappa shape index (κ3) is 5.67. The number of hydrogen-bond acceptors (Lipinski definition) is 8. The van der Waals surface area contributed by atoms with E-state index in [4.69, 9.17) is 10.00 Å². The number of nitro groups is 1. The Labute approximate surface area is 200 Å². The van der Waals surface area contributed by atoms with Crippen molar-refractivity contribution in [2.24, 2.45) is 0 Å². The van der Waals surface area contributed by atoms with Crippen LogP contribution in [0.4, 0.5) is 10.5 Å². The molecule has 3 aromatic heterocycles. The van der Waals surface area contributed by atoms with Gasteiger partial charge in [0.25, 0.3) is 5.69 Å². The average molecular weight is 473 g/mol. The van der Waals surface area contributed by atoms with Gasteiger partial charge in [0.15, 0.2) is 5.65 Å². The number of nitro benzene ring substituents is 1. The van der Waals surface area contributed by atoms with E-state index in [2.05, 4.69) is 21.1 Å². The minimum absolute atomic E-state index is 0.103. The number of carbonyl (C=O) groups is 1. The molecule has 3 heterocycles. The Balaban J connectivity index is 0.000000514. The van der Waals surface area contributed by atoms with Gasteiger partial charge in [-0.05, 0) is 18.2 Å². The van der Waals surface area contributed by atoms with Gasteiger partial charge in [-0.2, -0.15) is 10.4 Å². The summed E-state index contributed by atoms with van der Waals surface area (Å²) in [6, 6.07) is 8.94. The lowest BCUT2D eigenvalue weighted by Crippen LogP contribution is -2.16. The third-order valence-electron chi connectivity index (χ3n) is 5.54. The van der Waals surface area contributed by atoms with E-state index in [1.165, 1.54) is 73.5 Å². The SMILES string of the molecule is C1CCCC1.N#CCCn1cc(-c2ncnc3c2ccn3C(=O)Oc2ccc([N+](=O)[O-])cc2)cn1. The molecular formula is C24H23N7O4. The second kappa shape index (κ2) is 11.0. The minimum Gasteiger partial charge on any atom is -0.410 e. The lowest BCUT2D eigenvalue weighted by molar-refractivity contribution is -0.384. The number of ether oxygens (including phenoxy) is 1. The number of carbonyl (C=O) groups excluding carboxylic acids is 1. The maximum absolute atomic E-state index is 12.6. The highest BCUT2D eigenvalue weighted by atomic mass is 16.6. The van der Waals surface area contributed by atoms with Crippen LogP contribution < -0.4 is 4.74 Å². The molecule has 0 radical (unpaired) electrons. The zero-order chi connectivity index (χ0) is 24.6. The Morgan fingerprint density at radius 2 is 1.83 bits per heavy atom. The van der Waals surface area contributed by atoms with Gasteiger partial charge in [0.1, 0.15) is 12.1 Å². The highest BCUT2D eigenvalue weighted by molar-refractivity contribution is 5.95. The van der Waals surface area contributed by atoms with E-state index in [0.29, 0.717) is 29.7 Å². The first-order valence-electron chi connectivity index (χ1n) is 11.3. The second-order valence-electron chi connectivity index (χ2n) is 7.93. The summed E-state index contributed by atoms with van der Waals surface area (Å²) in [5.41, 5.74) is 1.55. The van der Waals surface area contributed by atoms with E-state index in [0.717, 1.165) is 5.56 Å². The Bertz CT molecular complexity index is 1360. The molecule has 0 saturated heterocycles. The minimum atomic E-state index is -0.715. The van der Waals surface area contributed by atoms with E-state index in [1.54, 1.807) is 23.1 Å². The molecule has 0 aliphatic heterocycles. The van der Waals surface area contributed by atoms with Crippen LogP contribution in [0.2, 0.25) is 0 Å². The molecule has 5 rings (SSSR count). The van der Waals surface area contributed by atoms with Gasteiger partial charge in [-0.15, -0.1) is 0 Å². The normalized spacial score (nSPS) is 12.5. The summed E-state index contributed by atoms with van der Waals surface area (Å²) >= 11 is 0. The van der Waals surface area contributed by atoms with E-state index in [1.807, 2.05) is 0 Å². The Morgan fingerprint density at radius 3 is 2.49 bits per heavy atom. The molecule has 11 heteroatoms. The van der Waals surface area contributed by atoms with Gasteiger partial charge in [-0.25, -0.2) is 19.3 Å². The third-order valence-corrected chi connectivity index (χ3v) is 5.54. The number of non-ortho nitro benzene ring substituents is 1. The molecular weight excluding hydrogens is 450 g/mol. The highest BCUT2D eigenvalue weighted by Gasteiger charge is 2.17. The summed E-state index contributed by atoms with van der Waals surface area (Å²) in [6.07, 6.45) is 13.4. The Kier molecular flexibility index (Phi) is 7.42. The van der Waals surface area contributed by atoms with E-state index < -0.39 is 11.0 Å². The van der Waals surface area contributed by atoms with Crippen LogP contribution >= 0.6 is 0 Å². The fraction of sp³-hybridized carbons (Fsp3) is 0.292. The molecule has 11 nitrogen and oxygen atoms in total. The summed E-state index contributed by atoms with van der Waals surface area (Å²) in [6.45, 7) is 0.466. The predicted molar refractivity (Wildman–Crippen MR) is 127 cm³/mol. The molecule has 1 aliphatic rings. The molecule has 178 valence electrons. The topological polar surface area (TPSA) is 142 Å². The quantitative estimate of drug-likeness (QED) is 0.287. The van der Waals surface area contributed by atoms with Crippen molar-refractivity contribution in [3.63, 3.8) is 0 Å². The molecule has 35 heavy (non-hydrogen) atoms. The highest BCUT2D eigenvalue weighted by Crippen LogP contribution is 2.26. The van der Waals surface area contributed by atoms with Crippen molar-refractivity contribution >= 4 is 22.8 Å². The largest absolute Gasteiger partial charge is 0.425 e. The van der Waals surface area contributed by atoms with Crippen molar-refractivity contribution in [2.45, 2.75) is 45.1 Å². The van der Waals surface area contributed by atoms with Gasteiger partial charge < -0.3 is 4.74 Å². The number of aromatic nitrogens is 5. The van der Waals surface area contributed by atoms with Crippen LogP contribution in [0.5, 0.6) is 5.75 Å². The van der Waals surface area contributed by atoms with Crippen molar-refractivity contribution in [2.75, 3.05) is 0 Å². The predicted octanol–water partition coefficient (Wildman–Crippen LogP) is 5.11. The Hall–Kier alpha value is -4.59. The molecule has 0 unspecified atom stereocenters. The number of aryl methyl sites for hydroxylation is 1. The zero-order valence-corrected chi connectivity index (χ0v) is 18.9. The Morgan fingerprint density at radius 1 is 1.11 bits per heavy atom. The summed E-state index contributed by atoms with van der Waals surface area (Å²) < 4.78 is 8.16. The van der Waals surface area contributed by atoms with Crippen molar-refractivity contribution in [1.29, 1.82) is 5.26 Å². The molecule has 1 aromatic carbocycles. The van der Waals surface area contributed by atoms with Crippen LogP contribution in [0.3, 0.4) is 0 Å². The fourth-order valence-corrected chi connectivity index (χ4v) is 3.77. The van der Waals surface area contributed by atoms with Crippen LogP contribution in [-0.2, 0) is 6.54 Å². The standard InChI is InChI=1S/C19H13N7O4.C5H10/c20-7-1-8-24-11-13(10-23-24)17-16-6-9-25(18(16)22-12-21-17)19(27)30-15-4-2-14(3-5-15)26(28)29;1-2-4-5-3-1/h2-6,9-12H,1,8H2;1-5H2. The van der Waals surface area contributed by atoms with Crippen LogP contribution in [0, 0.1) is 21.4 Å². The number of rotatable bonds is 5. The van der Waals surface area contributed by atoms with E-state index in [9.17, 15) is 14.9 Å². The molecule has 1 fully saturated rings. The van der Waals surface area contributed by atoms with Crippen LogP contribution in [0.1, 0.15) is 38.5 Å². The van der Waals surface area contributed by atoms with Gasteiger partial charge >= 0.3 is 6.09 Å². The van der Waals surface area contributed by atoms with Gasteiger partial charge in [-0.1, -0.05) is 32.1 Å². The van der Waals surface area contributed by atoms with Gasteiger partial charge in [0.2, 0.25) is 0 Å². The molecule has 0 spiro atoms. The second-order valence-corrected chi connectivity index (χ2v) is 7.93. The fourth-order valence-electron chi connectivity index (χ4n) is 3.77. The molecule has 0 bridgehead atoms. The molecule has 0 N–H and O–H groups in total. The van der Waals surface area contributed by atoms with Crippen molar-refractivity contribution in [3.8, 4) is 23.1 Å². The number of hydrogen-bond donors (Lipinski definition) is 0. The van der Waals surface area contributed by atoms with Gasteiger partial charge in [-0.3, -0.25) is 14.8 Å². The van der Waals surface area contributed by atoms with E-state index >= 15 is 0 Å². The van der Waals surface area contributed by atoms with Crippen molar-refractivity contribution in [3.05, 3.63) is 65.4 Å². The summed E-state index contributed by atoms with van der Waals surface area (Å²) in [5, 5.41) is 24.3. The van der Waals surface area contributed by atoms with Gasteiger partial charge in [0.05, 0.1) is 35.8 Å². The summed E-state index contributed by atoms with van der Waals surface area (Å²) in [5.74, 6) is 0.167. The molecule has 1 saturated carbocycles. The smallest absolute Gasteiger partial charge is 0.410 e. The number of nitriles is 1. The van der Waals surface area contributed by atoms with Crippen LogP contribution in [0.25, 0.3) is 22.3 Å². The van der Waals surface area contributed by atoms with E-state index in [-0.39, 0.29) is 11.4 Å². The van der Waals surface area contributed by atoms with Crippen LogP contribution in [0.15, 0.2) is 55.2 Å². The average Bonchev–Trinajstić information content (AvgIpc) is 3.65. The lowest BCUT2D eigenvalue weighted by Gasteiger charge is -2.06. The maximum Gasteiger partial charge on any atom is 0.425 e. The number of benzene rings is 1. The first-order chi connectivity index (χ1) is 17.1. The number of fused-ring (bicyclic) bond motifs is 1. The summed E-state index contributed by atoms with van der Waals surface area (Å²) in [4.78, 5) is 31.2. The maximum atomic E-state index is 12.6.